The van der Waals surface area contributed by atoms with Gasteiger partial charge in [-0.3, -0.25) is 14.2 Å². The fourth-order valence-corrected chi connectivity index (χ4v) is 3.37. The molecular formula is C21H21N3O4. The van der Waals surface area contributed by atoms with Gasteiger partial charge in [0, 0.05) is 11.8 Å². The number of hydrogen-bond acceptors (Lipinski definition) is 5. The quantitative estimate of drug-likeness (QED) is 0.754. The summed E-state index contributed by atoms with van der Waals surface area (Å²) in [5, 5.41) is 3.37. The van der Waals surface area contributed by atoms with E-state index in [2.05, 4.69) is 10.3 Å². The van der Waals surface area contributed by atoms with Crippen LogP contribution in [0.3, 0.4) is 0 Å². The van der Waals surface area contributed by atoms with Crippen LogP contribution >= 0.6 is 0 Å². The van der Waals surface area contributed by atoms with Gasteiger partial charge in [0.05, 0.1) is 17.2 Å². The van der Waals surface area contributed by atoms with Crippen LogP contribution in [0.15, 0.2) is 53.6 Å². The molecule has 0 bridgehead atoms. The van der Waals surface area contributed by atoms with Crippen LogP contribution in [0, 0.1) is 5.92 Å². The SMILES string of the molecule is CC(C)[C@@H](C(=O)Nc1ccc2c(c1)OCCO2)n1cnc2ccccc2c1=O. The Morgan fingerprint density at radius 1 is 1.11 bits per heavy atom. The van der Waals surface area contributed by atoms with Crippen LogP contribution in [-0.2, 0) is 4.79 Å². The Labute approximate surface area is 161 Å². The Kier molecular flexibility index (Phi) is 4.73. The Balaban J connectivity index is 1.66. The smallest absolute Gasteiger partial charge is 0.261 e. The molecular weight excluding hydrogens is 358 g/mol. The third-order valence-corrected chi connectivity index (χ3v) is 4.70. The van der Waals surface area contributed by atoms with Crippen molar-refractivity contribution < 1.29 is 14.3 Å². The first-order chi connectivity index (χ1) is 13.5. The summed E-state index contributed by atoms with van der Waals surface area (Å²) in [4.78, 5) is 30.3. The standard InChI is InChI=1S/C21H21N3O4/c1-13(2)19(24-12-22-16-6-4-3-5-15(16)21(24)26)20(25)23-14-7-8-17-18(11-14)28-10-9-27-17/h3-8,11-13,19H,9-10H2,1-2H3,(H,23,25)/t19-/m0/s1. The Bertz CT molecular complexity index is 1090. The van der Waals surface area contributed by atoms with Gasteiger partial charge < -0.3 is 14.8 Å². The summed E-state index contributed by atoms with van der Waals surface area (Å²) < 4.78 is 12.5. The van der Waals surface area contributed by atoms with Crippen molar-refractivity contribution in [3.8, 4) is 11.5 Å². The predicted octanol–water partition coefficient (Wildman–Crippen LogP) is 3.00. The van der Waals surface area contributed by atoms with Crippen molar-refractivity contribution in [1.82, 2.24) is 9.55 Å². The lowest BCUT2D eigenvalue weighted by molar-refractivity contribution is -0.120. The molecule has 0 saturated carbocycles. The van der Waals surface area contributed by atoms with Crippen LogP contribution < -0.4 is 20.3 Å². The summed E-state index contributed by atoms with van der Waals surface area (Å²) >= 11 is 0. The number of amides is 1. The molecule has 0 radical (unpaired) electrons. The summed E-state index contributed by atoms with van der Waals surface area (Å²) in [6.45, 7) is 4.77. The van der Waals surface area contributed by atoms with E-state index < -0.39 is 6.04 Å². The number of anilines is 1. The van der Waals surface area contributed by atoms with Gasteiger partial charge in [0.1, 0.15) is 19.3 Å². The van der Waals surface area contributed by atoms with E-state index in [0.29, 0.717) is 41.3 Å². The number of nitrogens with one attached hydrogen (secondary N) is 1. The van der Waals surface area contributed by atoms with Gasteiger partial charge in [0.15, 0.2) is 11.5 Å². The zero-order valence-electron chi connectivity index (χ0n) is 15.7. The molecule has 1 aliphatic rings. The van der Waals surface area contributed by atoms with Gasteiger partial charge in [-0.15, -0.1) is 0 Å². The molecule has 2 aromatic carbocycles. The lowest BCUT2D eigenvalue weighted by Crippen LogP contribution is -2.36. The first-order valence-corrected chi connectivity index (χ1v) is 9.21. The molecule has 144 valence electrons. The minimum atomic E-state index is -0.696. The van der Waals surface area contributed by atoms with Gasteiger partial charge in [-0.25, -0.2) is 4.98 Å². The number of carbonyl (C=O) groups excluding carboxylic acids is 1. The average Bonchev–Trinajstić information content (AvgIpc) is 2.70. The second-order valence-corrected chi connectivity index (χ2v) is 7.01. The molecule has 4 rings (SSSR count). The Morgan fingerprint density at radius 3 is 2.64 bits per heavy atom. The largest absolute Gasteiger partial charge is 0.486 e. The number of aromatic nitrogens is 2. The summed E-state index contributed by atoms with van der Waals surface area (Å²) in [5.41, 5.74) is 0.960. The van der Waals surface area contributed by atoms with Crippen molar-refractivity contribution in [3.63, 3.8) is 0 Å². The van der Waals surface area contributed by atoms with Gasteiger partial charge in [-0.1, -0.05) is 26.0 Å². The van der Waals surface area contributed by atoms with Crippen molar-refractivity contribution in [2.24, 2.45) is 5.92 Å². The normalized spacial score (nSPS) is 14.1. The van der Waals surface area contributed by atoms with E-state index in [1.807, 2.05) is 19.9 Å². The van der Waals surface area contributed by atoms with Crippen molar-refractivity contribution in [2.75, 3.05) is 18.5 Å². The number of ether oxygens (including phenoxy) is 2. The third kappa shape index (κ3) is 3.31. The maximum absolute atomic E-state index is 13.0. The first kappa shape index (κ1) is 18.0. The molecule has 1 aromatic heterocycles. The molecule has 3 aromatic rings. The Hall–Kier alpha value is -3.35. The van der Waals surface area contributed by atoms with E-state index in [-0.39, 0.29) is 17.4 Å². The predicted molar refractivity (Wildman–Crippen MR) is 106 cm³/mol. The highest BCUT2D eigenvalue weighted by atomic mass is 16.6. The monoisotopic (exact) mass is 379 g/mol. The van der Waals surface area contributed by atoms with E-state index in [1.54, 1.807) is 36.4 Å². The molecule has 0 spiro atoms. The fourth-order valence-electron chi connectivity index (χ4n) is 3.37. The lowest BCUT2D eigenvalue weighted by atomic mass is 10.0. The molecule has 1 atom stereocenters. The average molecular weight is 379 g/mol. The molecule has 0 unspecified atom stereocenters. The lowest BCUT2D eigenvalue weighted by Gasteiger charge is -2.23. The number of fused-ring (bicyclic) bond motifs is 2. The number of rotatable bonds is 4. The van der Waals surface area contributed by atoms with Gasteiger partial charge in [-0.05, 0) is 30.2 Å². The van der Waals surface area contributed by atoms with Gasteiger partial charge >= 0.3 is 0 Å². The van der Waals surface area contributed by atoms with E-state index >= 15 is 0 Å². The van der Waals surface area contributed by atoms with Crippen molar-refractivity contribution in [1.29, 1.82) is 0 Å². The zero-order valence-corrected chi connectivity index (χ0v) is 15.7. The maximum Gasteiger partial charge on any atom is 0.261 e. The molecule has 0 fully saturated rings. The Morgan fingerprint density at radius 2 is 1.86 bits per heavy atom. The number of hydrogen-bond donors (Lipinski definition) is 1. The number of para-hydroxylation sites is 1. The molecule has 0 saturated heterocycles. The molecule has 7 nitrogen and oxygen atoms in total. The summed E-state index contributed by atoms with van der Waals surface area (Å²) in [6, 6.07) is 11.7. The highest BCUT2D eigenvalue weighted by Gasteiger charge is 2.26. The number of benzene rings is 2. The molecule has 2 heterocycles. The number of nitrogens with zero attached hydrogens (tertiary/aromatic N) is 2. The van der Waals surface area contributed by atoms with Crippen LogP contribution in [0.1, 0.15) is 19.9 Å². The van der Waals surface area contributed by atoms with E-state index in [4.69, 9.17) is 9.47 Å². The molecule has 7 heteroatoms. The molecule has 1 aliphatic heterocycles. The van der Waals surface area contributed by atoms with Crippen LogP contribution in [0.2, 0.25) is 0 Å². The van der Waals surface area contributed by atoms with E-state index in [0.717, 1.165) is 0 Å². The first-order valence-electron chi connectivity index (χ1n) is 9.21. The summed E-state index contributed by atoms with van der Waals surface area (Å²) in [7, 11) is 0. The van der Waals surface area contributed by atoms with Gasteiger partial charge in [0.25, 0.3) is 5.56 Å². The third-order valence-electron chi connectivity index (χ3n) is 4.70. The highest BCUT2D eigenvalue weighted by Crippen LogP contribution is 2.33. The number of carbonyl (C=O) groups is 1. The summed E-state index contributed by atoms with van der Waals surface area (Å²) in [5.74, 6) is 0.845. The van der Waals surface area contributed by atoms with Crippen molar-refractivity contribution in [3.05, 3.63) is 59.1 Å². The topological polar surface area (TPSA) is 82.4 Å². The second-order valence-electron chi connectivity index (χ2n) is 7.01. The van der Waals surface area contributed by atoms with E-state index in [1.165, 1.54) is 10.9 Å². The second kappa shape index (κ2) is 7.34. The minimum absolute atomic E-state index is 0.113. The van der Waals surface area contributed by atoms with Crippen molar-refractivity contribution in [2.45, 2.75) is 19.9 Å². The summed E-state index contributed by atoms with van der Waals surface area (Å²) in [6.07, 6.45) is 1.44. The van der Waals surface area contributed by atoms with Crippen LogP contribution in [0.4, 0.5) is 5.69 Å². The molecule has 1 amide bonds. The van der Waals surface area contributed by atoms with Crippen molar-refractivity contribution >= 4 is 22.5 Å². The fraction of sp³-hybridized carbons (Fsp3) is 0.286. The molecule has 0 aliphatic carbocycles. The van der Waals surface area contributed by atoms with Gasteiger partial charge in [-0.2, -0.15) is 0 Å². The molecule has 28 heavy (non-hydrogen) atoms. The van der Waals surface area contributed by atoms with Crippen LogP contribution in [0.25, 0.3) is 10.9 Å². The highest BCUT2D eigenvalue weighted by molar-refractivity contribution is 5.94. The van der Waals surface area contributed by atoms with Crippen LogP contribution in [-0.4, -0.2) is 28.7 Å². The zero-order chi connectivity index (χ0) is 19.7. The van der Waals surface area contributed by atoms with Gasteiger partial charge in [0.2, 0.25) is 5.91 Å². The maximum atomic E-state index is 13.0. The minimum Gasteiger partial charge on any atom is -0.486 e. The molecule has 1 N–H and O–H groups in total. The van der Waals surface area contributed by atoms with Crippen LogP contribution in [0.5, 0.6) is 11.5 Å². The van der Waals surface area contributed by atoms with E-state index in [9.17, 15) is 9.59 Å².